The summed E-state index contributed by atoms with van der Waals surface area (Å²) in [5, 5.41) is 2.66. The molecule has 1 amide bonds. The van der Waals surface area contributed by atoms with Gasteiger partial charge in [0.2, 0.25) is 10.0 Å². The van der Waals surface area contributed by atoms with Crippen LogP contribution in [0.4, 0.5) is 5.69 Å². The first kappa shape index (κ1) is 20.2. The van der Waals surface area contributed by atoms with Crippen molar-refractivity contribution in [1.29, 1.82) is 0 Å². The molecule has 0 spiro atoms. The number of nitrogens with zero attached hydrogens (tertiary/aromatic N) is 2. The number of rotatable bonds is 4. The van der Waals surface area contributed by atoms with Gasteiger partial charge in [0, 0.05) is 43.7 Å². The van der Waals surface area contributed by atoms with E-state index in [1.54, 1.807) is 7.05 Å². The first-order valence-electron chi connectivity index (χ1n) is 8.90. The van der Waals surface area contributed by atoms with Crippen LogP contribution in [0, 0.1) is 0 Å². The van der Waals surface area contributed by atoms with Gasteiger partial charge >= 0.3 is 0 Å². The Balaban J connectivity index is 1.74. The molecule has 2 heterocycles. The molecule has 2 aromatic rings. The largest absolute Gasteiger partial charge is 0.373 e. The van der Waals surface area contributed by atoms with Gasteiger partial charge in [-0.15, -0.1) is 0 Å². The third-order valence-corrected chi connectivity index (χ3v) is 6.35. The third-order valence-electron chi connectivity index (χ3n) is 4.50. The number of nitrogens with one attached hydrogen (secondary N) is 1. The fraction of sp³-hybridized carbons (Fsp3) is 0.368. The second kappa shape index (κ2) is 7.86. The Bertz CT molecular complexity index is 1020. The van der Waals surface area contributed by atoms with Gasteiger partial charge in [0.05, 0.1) is 17.1 Å². The van der Waals surface area contributed by atoms with Crippen molar-refractivity contribution < 1.29 is 17.9 Å². The van der Waals surface area contributed by atoms with Gasteiger partial charge in [0.15, 0.2) is 0 Å². The summed E-state index contributed by atoms with van der Waals surface area (Å²) in [6, 6.07) is 8.75. The van der Waals surface area contributed by atoms with E-state index in [-0.39, 0.29) is 28.2 Å². The first-order valence-corrected chi connectivity index (χ1v) is 10.3. The maximum absolute atomic E-state index is 12.8. The fourth-order valence-electron chi connectivity index (χ4n) is 3.08. The van der Waals surface area contributed by atoms with Crippen molar-refractivity contribution in [2.75, 3.05) is 18.4 Å². The maximum atomic E-state index is 12.8. The number of anilines is 1. The lowest BCUT2D eigenvalue weighted by atomic mass is 10.2. The van der Waals surface area contributed by atoms with Crippen LogP contribution < -0.4 is 10.9 Å². The molecule has 1 N–H and O–H groups in total. The Kier molecular flexibility index (Phi) is 5.69. The van der Waals surface area contributed by atoms with Crippen molar-refractivity contribution in [2.24, 2.45) is 7.05 Å². The van der Waals surface area contributed by atoms with Gasteiger partial charge in [-0.25, -0.2) is 8.42 Å². The van der Waals surface area contributed by atoms with E-state index in [2.05, 4.69) is 5.32 Å². The molecule has 1 fully saturated rings. The second-order valence-corrected chi connectivity index (χ2v) is 8.86. The van der Waals surface area contributed by atoms with Crippen LogP contribution >= 0.6 is 0 Å². The topological polar surface area (TPSA) is 97.7 Å². The quantitative estimate of drug-likeness (QED) is 0.830. The van der Waals surface area contributed by atoms with Gasteiger partial charge in [0.25, 0.3) is 11.5 Å². The first-order chi connectivity index (χ1) is 13.2. The molecule has 9 heteroatoms. The molecular formula is C19H23N3O5S. The standard InChI is InChI=1S/C19H23N3O5S/c1-13-11-22(12-14(2)27-13)28(25,26)17-6-4-16(5-7-17)20-19(24)15-8-9-21(3)18(23)10-15/h4-10,13-14H,11-12H2,1-3H3,(H,20,24)/t13-,14-/m1/s1. The van der Waals surface area contributed by atoms with Crippen LogP contribution in [0.5, 0.6) is 0 Å². The zero-order valence-corrected chi connectivity index (χ0v) is 16.8. The SMILES string of the molecule is C[C@@H]1CN(S(=O)(=O)c2ccc(NC(=O)c3ccn(C)c(=O)c3)cc2)C[C@@H](C)O1. The van der Waals surface area contributed by atoms with Crippen LogP contribution in [0.2, 0.25) is 0 Å². The summed E-state index contributed by atoms with van der Waals surface area (Å²) in [5.41, 5.74) is 0.382. The summed E-state index contributed by atoms with van der Waals surface area (Å²) >= 11 is 0. The molecule has 0 unspecified atom stereocenters. The highest BCUT2D eigenvalue weighted by Crippen LogP contribution is 2.22. The third kappa shape index (κ3) is 4.32. The zero-order chi connectivity index (χ0) is 20.5. The smallest absolute Gasteiger partial charge is 0.255 e. The molecule has 0 radical (unpaired) electrons. The highest BCUT2D eigenvalue weighted by molar-refractivity contribution is 7.89. The Morgan fingerprint density at radius 1 is 1.11 bits per heavy atom. The normalized spacial score (nSPS) is 20.7. The van der Waals surface area contributed by atoms with Crippen molar-refractivity contribution in [3.8, 4) is 0 Å². The minimum atomic E-state index is -3.64. The number of benzene rings is 1. The minimum absolute atomic E-state index is 0.153. The highest BCUT2D eigenvalue weighted by atomic mass is 32.2. The lowest BCUT2D eigenvalue weighted by Crippen LogP contribution is -2.48. The molecule has 0 aliphatic carbocycles. The molecule has 1 saturated heterocycles. The van der Waals surface area contributed by atoms with E-state index in [4.69, 9.17) is 4.74 Å². The lowest BCUT2D eigenvalue weighted by Gasteiger charge is -2.34. The molecule has 28 heavy (non-hydrogen) atoms. The molecule has 0 bridgehead atoms. The number of ether oxygens (including phenoxy) is 1. The van der Waals surface area contributed by atoms with E-state index in [9.17, 15) is 18.0 Å². The fourth-order valence-corrected chi connectivity index (χ4v) is 4.67. The predicted molar refractivity (Wildman–Crippen MR) is 105 cm³/mol. The van der Waals surface area contributed by atoms with Crippen LogP contribution in [0.3, 0.4) is 0 Å². The van der Waals surface area contributed by atoms with Gasteiger partial charge in [-0.05, 0) is 44.2 Å². The molecule has 2 atom stereocenters. The van der Waals surface area contributed by atoms with Crippen LogP contribution in [0.15, 0.2) is 52.3 Å². The molecule has 1 aliphatic heterocycles. The molecule has 3 rings (SSSR count). The summed E-state index contributed by atoms with van der Waals surface area (Å²) in [6.07, 6.45) is 1.17. The van der Waals surface area contributed by atoms with E-state index in [1.807, 2.05) is 13.8 Å². The molecular weight excluding hydrogens is 382 g/mol. The van der Waals surface area contributed by atoms with Gasteiger partial charge in [-0.1, -0.05) is 0 Å². The summed E-state index contributed by atoms with van der Waals surface area (Å²) in [4.78, 5) is 24.1. The highest BCUT2D eigenvalue weighted by Gasteiger charge is 2.32. The number of sulfonamides is 1. The van der Waals surface area contributed by atoms with Crippen molar-refractivity contribution in [3.05, 3.63) is 58.5 Å². The Morgan fingerprint density at radius 2 is 1.71 bits per heavy atom. The van der Waals surface area contributed by atoms with E-state index >= 15 is 0 Å². The van der Waals surface area contributed by atoms with Crippen molar-refractivity contribution >= 4 is 21.6 Å². The number of carbonyl (C=O) groups excluding carboxylic acids is 1. The van der Waals surface area contributed by atoms with Crippen LogP contribution in [0.25, 0.3) is 0 Å². The molecule has 8 nitrogen and oxygen atoms in total. The molecule has 1 aliphatic rings. The van der Waals surface area contributed by atoms with E-state index < -0.39 is 15.9 Å². The number of hydrogen-bond donors (Lipinski definition) is 1. The Hall–Kier alpha value is -2.49. The monoisotopic (exact) mass is 405 g/mol. The number of pyridine rings is 1. The summed E-state index contributed by atoms with van der Waals surface area (Å²) in [7, 11) is -2.04. The molecule has 0 saturated carbocycles. The van der Waals surface area contributed by atoms with Gasteiger partial charge in [-0.2, -0.15) is 4.31 Å². The van der Waals surface area contributed by atoms with E-state index in [1.165, 1.54) is 51.5 Å². The zero-order valence-electron chi connectivity index (χ0n) is 16.0. The average molecular weight is 405 g/mol. The van der Waals surface area contributed by atoms with Crippen molar-refractivity contribution in [3.63, 3.8) is 0 Å². The predicted octanol–water partition coefficient (Wildman–Crippen LogP) is 1.44. The van der Waals surface area contributed by atoms with Gasteiger partial charge < -0.3 is 14.6 Å². The molecule has 150 valence electrons. The summed E-state index contributed by atoms with van der Waals surface area (Å²) in [5.74, 6) is -0.441. The minimum Gasteiger partial charge on any atom is -0.373 e. The lowest BCUT2D eigenvalue weighted by molar-refractivity contribution is -0.0440. The van der Waals surface area contributed by atoms with E-state index in [0.717, 1.165) is 0 Å². The number of aryl methyl sites for hydroxylation is 1. The number of aromatic nitrogens is 1. The van der Waals surface area contributed by atoms with Gasteiger partial charge in [0.1, 0.15) is 0 Å². The van der Waals surface area contributed by atoms with Crippen molar-refractivity contribution in [2.45, 2.75) is 31.0 Å². The van der Waals surface area contributed by atoms with Gasteiger partial charge in [-0.3, -0.25) is 9.59 Å². The van der Waals surface area contributed by atoms with Crippen LogP contribution in [-0.4, -0.2) is 48.5 Å². The molecule has 1 aromatic heterocycles. The van der Waals surface area contributed by atoms with E-state index in [0.29, 0.717) is 18.8 Å². The second-order valence-electron chi connectivity index (χ2n) is 6.92. The van der Waals surface area contributed by atoms with Crippen molar-refractivity contribution in [1.82, 2.24) is 8.87 Å². The Labute approximate surface area is 163 Å². The molecule has 1 aromatic carbocycles. The summed E-state index contributed by atoms with van der Waals surface area (Å²) < 4.78 is 34.1. The van der Waals surface area contributed by atoms with Crippen LogP contribution in [-0.2, 0) is 21.8 Å². The number of morpholine rings is 1. The Morgan fingerprint density at radius 3 is 2.29 bits per heavy atom. The number of hydrogen-bond acceptors (Lipinski definition) is 5. The summed E-state index contributed by atoms with van der Waals surface area (Å²) in [6.45, 7) is 4.28. The number of amides is 1. The number of carbonyl (C=O) groups is 1. The average Bonchev–Trinajstić information content (AvgIpc) is 2.63. The van der Waals surface area contributed by atoms with Crippen LogP contribution in [0.1, 0.15) is 24.2 Å². The maximum Gasteiger partial charge on any atom is 0.255 e.